The molecule has 0 unspecified atom stereocenters. The van der Waals surface area contributed by atoms with Crippen molar-refractivity contribution in [1.82, 2.24) is 9.97 Å². The van der Waals surface area contributed by atoms with Crippen molar-refractivity contribution < 1.29 is 9.13 Å². The monoisotopic (exact) mass is 248 g/mol. The molecule has 0 saturated heterocycles. The van der Waals surface area contributed by atoms with Gasteiger partial charge in [0.1, 0.15) is 11.6 Å². The van der Waals surface area contributed by atoms with Crippen LogP contribution in [0.15, 0.2) is 18.2 Å². The molecule has 0 aliphatic heterocycles. The molecule has 96 valence electrons. The number of halogens is 1. The van der Waals surface area contributed by atoms with Crippen LogP contribution in [-0.4, -0.2) is 22.7 Å². The number of ether oxygens (including phenoxy) is 1. The average molecular weight is 248 g/mol. The molecule has 0 radical (unpaired) electrons. The fourth-order valence-corrected chi connectivity index (χ4v) is 2.62. The zero-order chi connectivity index (χ0) is 12.5. The number of hydrogen-bond acceptors (Lipinski definition) is 2. The summed E-state index contributed by atoms with van der Waals surface area (Å²) in [4.78, 5) is 7.67. The SMILES string of the molecule is CCOC1CC(Cc2nc3ccc(F)cc3[nH]2)C1. The number of nitrogens with zero attached hydrogens (tertiary/aromatic N) is 1. The maximum atomic E-state index is 13.1. The van der Waals surface area contributed by atoms with Crippen LogP contribution in [0.2, 0.25) is 0 Å². The van der Waals surface area contributed by atoms with Crippen LogP contribution in [0.1, 0.15) is 25.6 Å². The van der Waals surface area contributed by atoms with E-state index in [9.17, 15) is 4.39 Å². The predicted molar refractivity (Wildman–Crippen MR) is 67.9 cm³/mol. The summed E-state index contributed by atoms with van der Waals surface area (Å²) in [6, 6.07) is 4.66. The predicted octanol–water partition coefficient (Wildman–Crippen LogP) is 3.06. The number of aromatic nitrogens is 2. The van der Waals surface area contributed by atoms with Gasteiger partial charge in [-0.1, -0.05) is 0 Å². The molecule has 1 fully saturated rings. The van der Waals surface area contributed by atoms with E-state index < -0.39 is 0 Å². The van der Waals surface area contributed by atoms with Gasteiger partial charge in [0.05, 0.1) is 17.1 Å². The first-order valence-electron chi connectivity index (χ1n) is 6.50. The van der Waals surface area contributed by atoms with Crippen molar-refractivity contribution in [1.29, 1.82) is 0 Å². The maximum Gasteiger partial charge on any atom is 0.125 e. The van der Waals surface area contributed by atoms with Gasteiger partial charge in [0.25, 0.3) is 0 Å². The summed E-state index contributed by atoms with van der Waals surface area (Å²) < 4.78 is 18.6. The Kier molecular flexibility index (Phi) is 3.04. The highest BCUT2D eigenvalue weighted by atomic mass is 19.1. The van der Waals surface area contributed by atoms with Crippen LogP contribution < -0.4 is 0 Å². The van der Waals surface area contributed by atoms with Crippen molar-refractivity contribution in [2.75, 3.05) is 6.61 Å². The third-order valence-electron chi connectivity index (χ3n) is 3.57. The Labute approximate surface area is 105 Å². The molecule has 0 spiro atoms. The molecule has 18 heavy (non-hydrogen) atoms. The second kappa shape index (κ2) is 4.69. The molecule has 1 heterocycles. The number of aromatic amines is 1. The molecule has 1 aliphatic carbocycles. The minimum Gasteiger partial charge on any atom is -0.378 e. The molecule has 4 heteroatoms. The minimum absolute atomic E-state index is 0.224. The molecule has 0 atom stereocenters. The summed E-state index contributed by atoms with van der Waals surface area (Å²) in [5.41, 5.74) is 1.62. The van der Waals surface area contributed by atoms with E-state index in [1.807, 2.05) is 6.92 Å². The largest absolute Gasteiger partial charge is 0.378 e. The second-order valence-corrected chi connectivity index (χ2v) is 4.96. The lowest BCUT2D eigenvalue weighted by Gasteiger charge is -2.34. The zero-order valence-corrected chi connectivity index (χ0v) is 10.4. The van der Waals surface area contributed by atoms with Gasteiger partial charge in [-0.3, -0.25) is 0 Å². The van der Waals surface area contributed by atoms with Crippen LogP contribution in [-0.2, 0) is 11.2 Å². The summed E-state index contributed by atoms with van der Waals surface area (Å²) in [5, 5.41) is 0. The number of hydrogen-bond donors (Lipinski definition) is 1. The lowest BCUT2D eigenvalue weighted by atomic mass is 9.80. The molecule has 0 amide bonds. The van der Waals surface area contributed by atoms with E-state index >= 15 is 0 Å². The molecule has 1 aliphatic rings. The second-order valence-electron chi connectivity index (χ2n) is 4.96. The highest BCUT2D eigenvalue weighted by Crippen LogP contribution is 2.32. The average Bonchev–Trinajstić information content (AvgIpc) is 2.68. The van der Waals surface area contributed by atoms with E-state index in [0.717, 1.165) is 42.7 Å². The number of H-pyrrole nitrogens is 1. The molecule has 0 bridgehead atoms. The Morgan fingerprint density at radius 3 is 3.06 bits per heavy atom. The number of rotatable bonds is 4. The van der Waals surface area contributed by atoms with Gasteiger partial charge in [-0.15, -0.1) is 0 Å². The van der Waals surface area contributed by atoms with Crippen molar-refractivity contribution in [3.8, 4) is 0 Å². The van der Waals surface area contributed by atoms with Gasteiger partial charge in [-0.05, 0) is 43.9 Å². The van der Waals surface area contributed by atoms with Gasteiger partial charge in [0.2, 0.25) is 0 Å². The van der Waals surface area contributed by atoms with E-state index in [0.29, 0.717) is 12.0 Å². The lowest BCUT2D eigenvalue weighted by Crippen LogP contribution is -2.32. The number of benzene rings is 1. The first-order chi connectivity index (χ1) is 8.74. The molecule has 1 N–H and O–H groups in total. The topological polar surface area (TPSA) is 37.9 Å². The molecule has 3 nitrogen and oxygen atoms in total. The zero-order valence-electron chi connectivity index (χ0n) is 10.4. The smallest absolute Gasteiger partial charge is 0.125 e. The number of imidazole rings is 1. The van der Waals surface area contributed by atoms with Crippen LogP contribution in [0, 0.1) is 11.7 Å². The van der Waals surface area contributed by atoms with Crippen molar-refractivity contribution in [2.45, 2.75) is 32.3 Å². The van der Waals surface area contributed by atoms with Crippen LogP contribution in [0.25, 0.3) is 11.0 Å². The highest BCUT2D eigenvalue weighted by Gasteiger charge is 2.30. The summed E-state index contributed by atoms with van der Waals surface area (Å²) in [6.45, 7) is 2.82. The fourth-order valence-electron chi connectivity index (χ4n) is 2.62. The standard InChI is InChI=1S/C14H17FN2O/c1-2-18-11-5-9(6-11)7-14-16-12-4-3-10(15)8-13(12)17-14/h3-4,8-9,11H,2,5-7H2,1H3,(H,16,17). The summed E-state index contributed by atoms with van der Waals surface area (Å²) in [6.07, 6.45) is 3.58. The summed E-state index contributed by atoms with van der Waals surface area (Å²) >= 11 is 0. The van der Waals surface area contributed by atoms with E-state index in [4.69, 9.17) is 4.74 Å². The number of nitrogens with one attached hydrogen (secondary N) is 1. The van der Waals surface area contributed by atoms with E-state index in [2.05, 4.69) is 9.97 Å². The van der Waals surface area contributed by atoms with Crippen LogP contribution in [0.3, 0.4) is 0 Å². The maximum absolute atomic E-state index is 13.1. The van der Waals surface area contributed by atoms with Gasteiger partial charge in [0, 0.05) is 13.0 Å². The van der Waals surface area contributed by atoms with Crippen LogP contribution in [0.4, 0.5) is 4.39 Å². The number of fused-ring (bicyclic) bond motifs is 1. The Balaban J connectivity index is 1.65. The summed E-state index contributed by atoms with van der Waals surface area (Å²) in [5.74, 6) is 1.38. The quantitative estimate of drug-likeness (QED) is 0.903. The van der Waals surface area contributed by atoms with Crippen LogP contribution in [0.5, 0.6) is 0 Å². The fraction of sp³-hybridized carbons (Fsp3) is 0.500. The molecular weight excluding hydrogens is 231 g/mol. The van der Waals surface area contributed by atoms with Crippen molar-refractivity contribution >= 4 is 11.0 Å². The van der Waals surface area contributed by atoms with Gasteiger partial charge < -0.3 is 9.72 Å². The Morgan fingerprint density at radius 1 is 1.44 bits per heavy atom. The minimum atomic E-state index is -0.224. The molecule has 1 saturated carbocycles. The third-order valence-corrected chi connectivity index (χ3v) is 3.57. The lowest BCUT2D eigenvalue weighted by molar-refractivity contribution is -0.0244. The van der Waals surface area contributed by atoms with E-state index in [1.165, 1.54) is 12.1 Å². The molecule has 3 rings (SSSR count). The van der Waals surface area contributed by atoms with Gasteiger partial charge in [-0.2, -0.15) is 0 Å². The third kappa shape index (κ3) is 2.25. The molecule has 1 aromatic heterocycles. The first kappa shape index (κ1) is 11.7. The van der Waals surface area contributed by atoms with E-state index in [1.54, 1.807) is 6.07 Å². The van der Waals surface area contributed by atoms with Crippen LogP contribution >= 0.6 is 0 Å². The summed E-state index contributed by atoms with van der Waals surface area (Å²) in [7, 11) is 0. The molecule has 1 aromatic carbocycles. The van der Waals surface area contributed by atoms with Crippen molar-refractivity contribution in [3.63, 3.8) is 0 Å². The van der Waals surface area contributed by atoms with Crippen molar-refractivity contribution in [2.24, 2.45) is 5.92 Å². The highest BCUT2D eigenvalue weighted by molar-refractivity contribution is 5.74. The van der Waals surface area contributed by atoms with Gasteiger partial charge in [0.15, 0.2) is 0 Å². The van der Waals surface area contributed by atoms with Gasteiger partial charge in [-0.25, -0.2) is 9.37 Å². The molecular formula is C14H17FN2O. The Morgan fingerprint density at radius 2 is 2.28 bits per heavy atom. The van der Waals surface area contributed by atoms with E-state index in [-0.39, 0.29) is 5.82 Å². The Hall–Kier alpha value is -1.42. The normalized spacial score (nSPS) is 23.2. The van der Waals surface area contributed by atoms with Gasteiger partial charge >= 0.3 is 0 Å². The molecule has 2 aromatic rings. The Bertz CT molecular complexity index is 546. The van der Waals surface area contributed by atoms with Crippen molar-refractivity contribution in [3.05, 3.63) is 29.8 Å². The first-order valence-corrected chi connectivity index (χ1v) is 6.50.